The van der Waals surface area contributed by atoms with Crippen molar-refractivity contribution in [2.75, 3.05) is 26.8 Å². The van der Waals surface area contributed by atoms with Gasteiger partial charge in [0.05, 0.1) is 6.04 Å². The highest BCUT2D eigenvalue weighted by molar-refractivity contribution is 5.82. The van der Waals surface area contributed by atoms with E-state index in [2.05, 4.69) is 10.6 Å². The Morgan fingerprint density at radius 2 is 2.26 bits per heavy atom. The number of amides is 1. The molecular weight excluding hydrogens is 240 g/mol. The number of hydrogen-bond donors (Lipinski definition) is 2. The monoisotopic (exact) mass is 266 g/mol. The molecule has 108 valence electrons. The van der Waals surface area contributed by atoms with Gasteiger partial charge in [-0.1, -0.05) is 6.42 Å². The van der Waals surface area contributed by atoms with Crippen LogP contribution in [0.3, 0.4) is 0 Å². The number of fused-ring (bicyclic) bond motifs is 1. The molecule has 3 rings (SSSR count). The van der Waals surface area contributed by atoms with Gasteiger partial charge < -0.3 is 15.4 Å². The van der Waals surface area contributed by atoms with Crippen LogP contribution in [0.25, 0.3) is 0 Å². The van der Waals surface area contributed by atoms with Gasteiger partial charge in [-0.3, -0.25) is 4.79 Å². The van der Waals surface area contributed by atoms with Gasteiger partial charge in [-0.2, -0.15) is 0 Å². The van der Waals surface area contributed by atoms with Gasteiger partial charge in [0.2, 0.25) is 5.91 Å². The summed E-state index contributed by atoms with van der Waals surface area (Å²) in [5.41, 5.74) is 0.347. The molecule has 1 saturated heterocycles. The van der Waals surface area contributed by atoms with E-state index in [0.29, 0.717) is 11.3 Å². The Labute approximate surface area is 115 Å². The number of nitrogens with one attached hydrogen (secondary N) is 2. The number of ether oxygens (including phenoxy) is 1. The van der Waals surface area contributed by atoms with Crippen LogP contribution in [0, 0.1) is 17.3 Å². The lowest BCUT2D eigenvalue weighted by atomic mass is 9.93. The van der Waals surface area contributed by atoms with E-state index in [9.17, 15) is 4.79 Å². The highest BCUT2D eigenvalue weighted by Crippen LogP contribution is 2.48. The Kier molecular flexibility index (Phi) is 3.81. The molecule has 4 heteroatoms. The Bertz CT molecular complexity index is 341. The second-order valence-corrected chi connectivity index (χ2v) is 6.70. The van der Waals surface area contributed by atoms with E-state index in [-0.39, 0.29) is 11.9 Å². The molecule has 1 aliphatic heterocycles. The first kappa shape index (κ1) is 13.4. The molecule has 1 heterocycles. The standard InChI is InChI=1S/C15H26N2O2/c1-19-8-7-15(5-6-15)10-17-14(18)13-12-4-2-3-11(12)9-16-13/h11-13,16H,2-10H2,1H3,(H,17,18). The minimum absolute atomic E-state index is 0.0747. The number of hydrogen-bond acceptors (Lipinski definition) is 3. The quantitative estimate of drug-likeness (QED) is 0.762. The maximum atomic E-state index is 12.3. The van der Waals surface area contributed by atoms with E-state index < -0.39 is 0 Å². The van der Waals surface area contributed by atoms with E-state index in [0.717, 1.165) is 32.0 Å². The smallest absolute Gasteiger partial charge is 0.237 e. The summed E-state index contributed by atoms with van der Waals surface area (Å²) < 4.78 is 5.16. The summed E-state index contributed by atoms with van der Waals surface area (Å²) in [6.45, 7) is 2.69. The molecule has 4 nitrogen and oxygen atoms in total. The number of rotatable bonds is 6. The van der Waals surface area contributed by atoms with Gasteiger partial charge in [0, 0.05) is 20.3 Å². The summed E-state index contributed by atoms with van der Waals surface area (Å²) in [7, 11) is 1.75. The molecule has 2 saturated carbocycles. The van der Waals surface area contributed by atoms with Crippen LogP contribution >= 0.6 is 0 Å². The summed E-state index contributed by atoms with van der Waals surface area (Å²) in [4.78, 5) is 12.3. The largest absolute Gasteiger partial charge is 0.385 e. The van der Waals surface area contributed by atoms with Gasteiger partial charge in [0.25, 0.3) is 0 Å². The molecule has 0 aromatic carbocycles. The molecule has 2 aliphatic carbocycles. The SMILES string of the molecule is COCCC1(CNC(=O)C2NCC3CCCC32)CC1. The van der Waals surface area contributed by atoms with Crippen LogP contribution in [-0.4, -0.2) is 38.8 Å². The summed E-state index contributed by atoms with van der Waals surface area (Å²) >= 11 is 0. The summed E-state index contributed by atoms with van der Waals surface area (Å²) in [5.74, 6) is 1.58. The Balaban J connectivity index is 1.46. The summed E-state index contributed by atoms with van der Waals surface area (Å²) in [6, 6.07) is 0.0747. The number of methoxy groups -OCH3 is 1. The van der Waals surface area contributed by atoms with Gasteiger partial charge in [-0.05, 0) is 55.9 Å². The van der Waals surface area contributed by atoms with E-state index in [1.165, 1.54) is 32.1 Å². The fourth-order valence-electron chi connectivity index (χ4n) is 3.87. The van der Waals surface area contributed by atoms with Gasteiger partial charge in [0.1, 0.15) is 0 Å². The first-order chi connectivity index (χ1) is 9.24. The average molecular weight is 266 g/mol. The molecular formula is C15H26N2O2. The normalized spacial score (nSPS) is 35.1. The highest BCUT2D eigenvalue weighted by Gasteiger charge is 2.45. The van der Waals surface area contributed by atoms with Crippen LogP contribution in [-0.2, 0) is 9.53 Å². The van der Waals surface area contributed by atoms with Crippen molar-refractivity contribution >= 4 is 5.91 Å². The first-order valence-electron chi connectivity index (χ1n) is 7.74. The fraction of sp³-hybridized carbons (Fsp3) is 0.933. The third-order valence-corrected chi connectivity index (χ3v) is 5.46. The van der Waals surface area contributed by atoms with Crippen LogP contribution in [0.5, 0.6) is 0 Å². The van der Waals surface area contributed by atoms with Gasteiger partial charge >= 0.3 is 0 Å². The fourth-order valence-corrected chi connectivity index (χ4v) is 3.87. The van der Waals surface area contributed by atoms with Crippen molar-refractivity contribution in [3.05, 3.63) is 0 Å². The predicted octanol–water partition coefficient (Wildman–Crippen LogP) is 1.31. The van der Waals surface area contributed by atoms with Gasteiger partial charge in [0.15, 0.2) is 0 Å². The van der Waals surface area contributed by atoms with E-state index in [1.807, 2.05) is 0 Å². The zero-order valence-corrected chi connectivity index (χ0v) is 11.9. The maximum absolute atomic E-state index is 12.3. The zero-order valence-electron chi connectivity index (χ0n) is 11.9. The third-order valence-electron chi connectivity index (χ3n) is 5.46. The van der Waals surface area contributed by atoms with Crippen LogP contribution in [0.1, 0.15) is 38.5 Å². The average Bonchev–Trinajstić information content (AvgIpc) is 2.84. The topological polar surface area (TPSA) is 50.4 Å². The van der Waals surface area contributed by atoms with E-state index in [4.69, 9.17) is 4.74 Å². The van der Waals surface area contributed by atoms with Crippen LogP contribution in [0.4, 0.5) is 0 Å². The number of carbonyl (C=O) groups is 1. The molecule has 19 heavy (non-hydrogen) atoms. The lowest BCUT2D eigenvalue weighted by Gasteiger charge is -2.20. The molecule has 3 atom stereocenters. The van der Waals surface area contributed by atoms with Crippen molar-refractivity contribution in [3.8, 4) is 0 Å². The van der Waals surface area contributed by atoms with Crippen molar-refractivity contribution in [1.29, 1.82) is 0 Å². The minimum atomic E-state index is 0.0747. The molecule has 0 bridgehead atoms. The molecule has 3 fully saturated rings. The molecule has 0 radical (unpaired) electrons. The second kappa shape index (κ2) is 5.41. The maximum Gasteiger partial charge on any atom is 0.237 e. The molecule has 0 spiro atoms. The minimum Gasteiger partial charge on any atom is -0.385 e. The number of carbonyl (C=O) groups excluding carboxylic acids is 1. The van der Waals surface area contributed by atoms with Crippen molar-refractivity contribution in [1.82, 2.24) is 10.6 Å². The van der Waals surface area contributed by atoms with E-state index >= 15 is 0 Å². The molecule has 3 aliphatic rings. The van der Waals surface area contributed by atoms with Crippen LogP contribution in [0.2, 0.25) is 0 Å². The van der Waals surface area contributed by atoms with Crippen molar-refractivity contribution < 1.29 is 9.53 Å². The summed E-state index contributed by atoms with van der Waals surface area (Å²) in [5, 5.41) is 6.61. The lowest BCUT2D eigenvalue weighted by molar-refractivity contribution is -0.124. The van der Waals surface area contributed by atoms with Gasteiger partial charge in [-0.15, -0.1) is 0 Å². The van der Waals surface area contributed by atoms with Crippen molar-refractivity contribution in [2.24, 2.45) is 17.3 Å². The Morgan fingerprint density at radius 1 is 1.42 bits per heavy atom. The molecule has 3 unspecified atom stereocenters. The van der Waals surface area contributed by atoms with E-state index in [1.54, 1.807) is 7.11 Å². The summed E-state index contributed by atoms with van der Waals surface area (Å²) in [6.07, 6.45) is 7.39. The van der Waals surface area contributed by atoms with Crippen molar-refractivity contribution in [3.63, 3.8) is 0 Å². The molecule has 0 aromatic rings. The molecule has 0 aromatic heterocycles. The van der Waals surface area contributed by atoms with Crippen LogP contribution in [0.15, 0.2) is 0 Å². The third kappa shape index (κ3) is 2.79. The Morgan fingerprint density at radius 3 is 3.00 bits per heavy atom. The zero-order chi connectivity index (χ0) is 13.3. The highest BCUT2D eigenvalue weighted by atomic mass is 16.5. The Hall–Kier alpha value is -0.610. The predicted molar refractivity (Wildman–Crippen MR) is 73.8 cm³/mol. The second-order valence-electron chi connectivity index (χ2n) is 6.70. The first-order valence-corrected chi connectivity index (χ1v) is 7.74. The molecule has 2 N–H and O–H groups in total. The van der Waals surface area contributed by atoms with Gasteiger partial charge in [-0.25, -0.2) is 0 Å². The lowest BCUT2D eigenvalue weighted by Crippen LogP contribution is -2.45. The van der Waals surface area contributed by atoms with Crippen molar-refractivity contribution in [2.45, 2.75) is 44.6 Å². The molecule has 1 amide bonds. The van der Waals surface area contributed by atoms with Crippen LogP contribution < -0.4 is 10.6 Å².